The number of furan rings is 1. The highest BCUT2D eigenvalue weighted by Gasteiger charge is 2.20. The van der Waals surface area contributed by atoms with Crippen LogP contribution in [0, 0.1) is 0 Å². The Kier molecular flexibility index (Phi) is 3.70. The lowest BCUT2D eigenvalue weighted by Crippen LogP contribution is -1.85. The van der Waals surface area contributed by atoms with Crippen LogP contribution in [0.2, 0.25) is 0 Å². The molecule has 0 saturated heterocycles. The van der Waals surface area contributed by atoms with E-state index in [4.69, 9.17) is 4.42 Å². The molecule has 40 heavy (non-hydrogen) atoms. The van der Waals surface area contributed by atoms with Crippen molar-refractivity contribution in [2.45, 2.75) is 0 Å². The molecule has 0 fully saturated rings. The predicted octanol–water partition coefficient (Wildman–Crippen LogP) is 10.7. The third-order valence-electron chi connectivity index (χ3n) is 8.91. The fraction of sp³-hybridized carbons (Fsp3) is 0. The topological polar surface area (TPSA) is 17.6 Å². The van der Waals surface area contributed by atoms with Crippen LogP contribution in [0.3, 0.4) is 0 Å². The number of benzene rings is 7. The molecule has 10 aromatic rings. The standard InChI is InChI=1S/C38H21NO/c1-2-8-25-22(7-1)15-17-30-28-12-6-13-29-32-21-23(16-19-33(32)39(37(25)30)38(28)29)24-10-5-11-27-26(24)18-20-35-36(27)31-9-3-4-14-34(31)40-35/h1-21H. The molecule has 10 rings (SSSR count). The molecule has 2 heteroatoms. The van der Waals surface area contributed by atoms with Gasteiger partial charge in [-0.25, -0.2) is 0 Å². The van der Waals surface area contributed by atoms with Gasteiger partial charge in [-0.15, -0.1) is 0 Å². The molecule has 0 saturated carbocycles. The molecule has 0 bridgehead atoms. The van der Waals surface area contributed by atoms with Gasteiger partial charge in [0.2, 0.25) is 0 Å². The summed E-state index contributed by atoms with van der Waals surface area (Å²) < 4.78 is 8.68. The Morgan fingerprint density at radius 1 is 0.425 bits per heavy atom. The minimum Gasteiger partial charge on any atom is -0.456 e. The minimum atomic E-state index is 0.933. The van der Waals surface area contributed by atoms with Gasteiger partial charge in [-0.05, 0) is 51.6 Å². The van der Waals surface area contributed by atoms with Crippen LogP contribution < -0.4 is 0 Å². The van der Waals surface area contributed by atoms with Gasteiger partial charge in [0.1, 0.15) is 11.2 Å². The first kappa shape index (κ1) is 20.6. The van der Waals surface area contributed by atoms with Gasteiger partial charge in [-0.1, -0.05) is 103 Å². The highest BCUT2D eigenvalue weighted by Crippen LogP contribution is 2.43. The van der Waals surface area contributed by atoms with E-state index in [0.29, 0.717) is 0 Å². The summed E-state index contributed by atoms with van der Waals surface area (Å²) in [5.74, 6) is 0. The molecule has 0 atom stereocenters. The number of fused-ring (bicyclic) bond motifs is 13. The number of aromatic nitrogens is 1. The second kappa shape index (κ2) is 7.19. The van der Waals surface area contributed by atoms with Crippen molar-refractivity contribution >= 4 is 81.6 Å². The van der Waals surface area contributed by atoms with Crippen LogP contribution in [-0.4, -0.2) is 4.40 Å². The van der Waals surface area contributed by atoms with Crippen LogP contribution in [0.15, 0.2) is 132 Å². The second-order valence-corrected chi connectivity index (χ2v) is 10.9. The van der Waals surface area contributed by atoms with Crippen molar-refractivity contribution < 1.29 is 4.42 Å². The summed E-state index contributed by atoms with van der Waals surface area (Å²) in [7, 11) is 0. The van der Waals surface area contributed by atoms with Crippen molar-refractivity contribution in [1.29, 1.82) is 0 Å². The quantitative estimate of drug-likeness (QED) is 0.216. The maximum atomic E-state index is 6.19. The van der Waals surface area contributed by atoms with E-state index in [1.165, 1.54) is 81.5 Å². The molecule has 0 spiro atoms. The molecule has 2 nitrogen and oxygen atoms in total. The van der Waals surface area contributed by atoms with Crippen molar-refractivity contribution in [1.82, 2.24) is 4.40 Å². The van der Waals surface area contributed by atoms with E-state index in [1.807, 2.05) is 12.1 Å². The van der Waals surface area contributed by atoms with E-state index in [-0.39, 0.29) is 0 Å². The van der Waals surface area contributed by atoms with Crippen molar-refractivity contribution in [3.05, 3.63) is 127 Å². The third-order valence-corrected chi connectivity index (χ3v) is 8.91. The lowest BCUT2D eigenvalue weighted by molar-refractivity contribution is 0.669. The maximum Gasteiger partial charge on any atom is 0.136 e. The molecule has 0 radical (unpaired) electrons. The average Bonchev–Trinajstić information content (AvgIpc) is 3.67. The van der Waals surface area contributed by atoms with Crippen LogP contribution in [0.5, 0.6) is 0 Å². The molecule has 0 aliphatic carbocycles. The predicted molar refractivity (Wildman–Crippen MR) is 169 cm³/mol. The summed E-state index contributed by atoms with van der Waals surface area (Å²) in [6.07, 6.45) is 0. The lowest BCUT2D eigenvalue weighted by Gasteiger charge is -2.09. The number of para-hydroxylation sites is 2. The number of hydrogen-bond acceptors (Lipinski definition) is 1. The molecule has 0 aliphatic rings. The minimum absolute atomic E-state index is 0.933. The van der Waals surface area contributed by atoms with Crippen LogP contribution in [0.25, 0.3) is 92.7 Å². The van der Waals surface area contributed by atoms with Crippen LogP contribution in [-0.2, 0) is 0 Å². The highest BCUT2D eigenvalue weighted by molar-refractivity contribution is 6.27. The van der Waals surface area contributed by atoms with Crippen molar-refractivity contribution in [3.8, 4) is 11.1 Å². The van der Waals surface area contributed by atoms with Crippen molar-refractivity contribution in [2.24, 2.45) is 0 Å². The van der Waals surface area contributed by atoms with E-state index in [1.54, 1.807) is 0 Å². The summed E-state index contributed by atoms with van der Waals surface area (Å²) >= 11 is 0. The van der Waals surface area contributed by atoms with Gasteiger partial charge >= 0.3 is 0 Å². The number of rotatable bonds is 1. The zero-order chi connectivity index (χ0) is 25.9. The molecule has 0 amide bonds. The van der Waals surface area contributed by atoms with Crippen LogP contribution in [0.4, 0.5) is 0 Å². The summed E-state index contributed by atoms with van der Waals surface area (Å²) in [6.45, 7) is 0. The van der Waals surface area contributed by atoms with E-state index in [0.717, 1.165) is 11.2 Å². The van der Waals surface area contributed by atoms with Crippen molar-refractivity contribution in [2.75, 3.05) is 0 Å². The van der Waals surface area contributed by atoms with Gasteiger partial charge in [0.25, 0.3) is 0 Å². The zero-order valence-corrected chi connectivity index (χ0v) is 21.5. The first-order valence-electron chi connectivity index (χ1n) is 13.8. The smallest absolute Gasteiger partial charge is 0.136 e. The van der Waals surface area contributed by atoms with Gasteiger partial charge < -0.3 is 8.82 Å². The van der Waals surface area contributed by atoms with Crippen molar-refractivity contribution in [3.63, 3.8) is 0 Å². The molecule has 0 unspecified atom stereocenters. The number of nitrogens with zero attached hydrogens (tertiary/aromatic N) is 1. The Labute approximate surface area is 228 Å². The summed E-state index contributed by atoms with van der Waals surface area (Å²) in [5.41, 5.74) is 8.20. The fourth-order valence-electron chi connectivity index (χ4n) is 7.23. The first-order valence-corrected chi connectivity index (χ1v) is 13.8. The maximum absolute atomic E-state index is 6.19. The Bertz CT molecular complexity index is 2650. The molecule has 184 valence electrons. The van der Waals surface area contributed by atoms with Gasteiger partial charge in [-0.2, -0.15) is 0 Å². The monoisotopic (exact) mass is 507 g/mol. The average molecular weight is 508 g/mol. The zero-order valence-electron chi connectivity index (χ0n) is 21.5. The third kappa shape index (κ3) is 2.45. The largest absolute Gasteiger partial charge is 0.456 e. The molecule has 7 aromatic carbocycles. The summed E-state index contributed by atoms with van der Waals surface area (Å²) in [5, 5.41) is 12.6. The molecule has 3 aromatic heterocycles. The Hall–Kier alpha value is -5.34. The van der Waals surface area contributed by atoms with Gasteiger partial charge in [-0.3, -0.25) is 0 Å². The van der Waals surface area contributed by atoms with E-state index < -0.39 is 0 Å². The van der Waals surface area contributed by atoms with Gasteiger partial charge in [0.05, 0.1) is 16.6 Å². The lowest BCUT2D eigenvalue weighted by atomic mass is 9.94. The highest BCUT2D eigenvalue weighted by atomic mass is 16.3. The SMILES string of the molecule is c1ccc2c(c1)ccc1c3cccc4c5cc(-c6cccc7c6ccc6oc8ccccc8c67)ccc5n(c21)c43. The van der Waals surface area contributed by atoms with E-state index in [9.17, 15) is 0 Å². The Morgan fingerprint density at radius 2 is 1.12 bits per heavy atom. The van der Waals surface area contributed by atoms with Crippen LogP contribution >= 0.6 is 0 Å². The van der Waals surface area contributed by atoms with E-state index in [2.05, 4.69) is 120 Å². The molecular formula is C38H21NO. The van der Waals surface area contributed by atoms with Gasteiger partial charge in [0.15, 0.2) is 0 Å². The number of hydrogen-bond donors (Lipinski definition) is 0. The van der Waals surface area contributed by atoms with Crippen LogP contribution in [0.1, 0.15) is 0 Å². The Morgan fingerprint density at radius 3 is 2.08 bits per heavy atom. The van der Waals surface area contributed by atoms with E-state index >= 15 is 0 Å². The fourth-order valence-corrected chi connectivity index (χ4v) is 7.23. The molecular weight excluding hydrogens is 486 g/mol. The Balaban J connectivity index is 1.31. The summed E-state index contributed by atoms with van der Waals surface area (Å²) in [4.78, 5) is 0. The molecule has 0 N–H and O–H groups in total. The first-order chi connectivity index (χ1) is 19.8. The molecule has 0 aliphatic heterocycles. The normalized spacial score (nSPS) is 12.5. The molecule has 3 heterocycles. The summed E-state index contributed by atoms with van der Waals surface area (Å²) in [6, 6.07) is 46.3. The second-order valence-electron chi connectivity index (χ2n) is 10.9. The van der Waals surface area contributed by atoms with Gasteiger partial charge in [0, 0.05) is 37.7 Å².